The zero-order chi connectivity index (χ0) is 17.3. The molecule has 2 N–H and O–H groups in total. The summed E-state index contributed by atoms with van der Waals surface area (Å²) in [7, 11) is 1.70. The molecule has 132 valence electrons. The first-order valence-electron chi connectivity index (χ1n) is 7.90. The first kappa shape index (κ1) is 19.9. The van der Waals surface area contributed by atoms with Crippen LogP contribution < -0.4 is 10.6 Å². The van der Waals surface area contributed by atoms with Crippen molar-refractivity contribution in [3.63, 3.8) is 0 Å². The largest absolute Gasteiger partial charge is 0.444 e. The van der Waals surface area contributed by atoms with Crippen LogP contribution in [0.5, 0.6) is 0 Å². The zero-order valence-electron chi connectivity index (χ0n) is 14.8. The highest BCUT2D eigenvalue weighted by Gasteiger charge is 2.15. The molecule has 1 aromatic heterocycles. The predicted octanol–water partition coefficient (Wildman–Crippen LogP) is 2.86. The second kappa shape index (κ2) is 9.85. The number of carbonyl (C=O) groups excluding carboxylic acids is 1. The summed E-state index contributed by atoms with van der Waals surface area (Å²) < 4.78 is 10.5. The smallest absolute Gasteiger partial charge is 0.407 e. The molecule has 0 aliphatic heterocycles. The van der Waals surface area contributed by atoms with E-state index in [0.717, 1.165) is 30.1 Å². The molecule has 0 spiro atoms. The molecule has 1 aromatic rings. The minimum atomic E-state index is -0.462. The maximum Gasteiger partial charge on any atom is 0.407 e. The van der Waals surface area contributed by atoms with Gasteiger partial charge < -0.3 is 20.1 Å². The molecule has 1 rings (SSSR count). The van der Waals surface area contributed by atoms with Gasteiger partial charge in [-0.05, 0) is 40.5 Å². The fourth-order valence-electron chi connectivity index (χ4n) is 2.04. The lowest BCUT2D eigenvalue weighted by Crippen LogP contribution is -2.35. The molecule has 1 amide bonds. The van der Waals surface area contributed by atoms with Crippen molar-refractivity contribution in [3.8, 4) is 0 Å². The first-order chi connectivity index (χ1) is 10.8. The second-order valence-electron chi connectivity index (χ2n) is 6.46. The summed E-state index contributed by atoms with van der Waals surface area (Å²) in [4.78, 5) is 16.0. The normalized spacial score (nSPS) is 12.9. The van der Waals surface area contributed by atoms with Crippen molar-refractivity contribution < 1.29 is 14.3 Å². The van der Waals surface area contributed by atoms with Crippen molar-refractivity contribution in [2.24, 2.45) is 0 Å². The zero-order valence-corrected chi connectivity index (χ0v) is 15.6. The summed E-state index contributed by atoms with van der Waals surface area (Å²) in [5.41, 5.74) is 0.594. The summed E-state index contributed by atoms with van der Waals surface area (Å²) in [5, 5.41) is 9.37. The van der Waals surface area contributed by atoms with E-state index in [2.05, 4.69) is 21.0 Å². The van der Waals surface area contributed by atoms with Crippen LogP contribution in [0.2, 0.25) is 0 Å². The van der Waals surface area contributed by atoms with Gasteiger partial charge in [0.15, 0.2) is 0 Å². The van der Waals surface area contributed by atoms with E-state index >= 15 is 0 Å². The lowest BCUT2D eigenvalue weighted by molar-refractivity contribution is 0.0526. The maximum atomic E-state index is 11.6. The van der Waals surface area contributed by atoms with Crippen molar-refractivity contribution in [1.82, 2.24) is 15.6 Å². The van der Waals surface area contributed by atoms with Gasteiger partial charge in [0, 0.05) is 31.6 Å². The fraction of sp³-hybridized carbons (Fsp3) is 0.750. The third-order valence-corrected chi connectivity index (χ3v) is 3.83. The van der Waals surface area contributed by atoms with E-state index in [1.807, 2.05) is 27.7 Å². The van der Waals surface area contributed by atoms with Gasteiger partial charge in [0.2, 0.25) is 0 Å². The van der Waals surface area contributed by atoms with Crippen LogP contribution in [0.1, 0.15) is 44.3 Å². The highest BCUT2D eigenvalue weighted by molar-refractivity contribution is 7.09. The summed E-state index contributed by atoms with van der Waals surface area (Å²) in [6.45, 7) is 9.52. The summed E-state index contributed by atoms with van der Waals surface area (Å²) in [6.07, 6.45) is 1.40. The van der Waals surface area contributed by atoms with Gasteiger partial charge in [0.1, 0.15) is 5.60 Å². The number of thiazole rings is 1. The Bertz CT molecular complexity index is 471. The van der Waals surface area contributed by atoms with Gasteiger partial charge in [0.05, 0.1) is 17.3 Å². The Morgan fingerprint density at radius 3 is 2.74 bits per heavy atom. The number of hydrogen-bond donors (Lipinski definition) is 2. The van der Waals surface area contributed by atoms with Crippen LogP contribution in [-0.2, 0) is 16.0 Å². The summed E-state index contributed by atoms with van der Waals surface area (Å²) in [5.74, 6) is 0. The molecule has 0 radical (unpaired) electrons. The Kier molecular flexibility index (Phi) is 8.51. The summed E-state index contributed by atoms with van der Waals surface area (Å²) in [6, 6.07) is 0.238. The van der Waals surface area contributed by atoms with Crippen LogP contribution >= 0.6 is 11.3 Å². The van der Waals surface area contributed by atoms with Gasteiger partial charge in [-0.2, -0.15) is 0 Å². The SMILES string of the molecule is COCC(CCCNC(=O)OC(C)(C)C)NCc1csc(C)n1. The number of ether oxygens (including phenoxy) is 2. The highest BCUT2D eigenvalue weighted by atomic mass is 32.1. The molecule has 6 nitrogen and oxygen atoms in total. The average Bonchev–Trinajstić information content (AvgIpc) is 2.84. The number of amides is 1. The lowest BCUT2D eigenvalue weighted by Gasteiger charge is -2.20. The number of aryl methyl sites for hydroxylation is 1. The van der Waals surface area contributed by atoms with Gasteiger partial charge in [-0.25, -0.2) is 9.78 Å². The number of rotatable bonds is 9. The average molecular weight is 343 g/mol. The molecule has 0 aliphatic carbocycles. The Balaban J connectivity index is 2.23. The number of carbonyl (C=O) groups is 1. The van der Waals surface area contributed by atoms with Gasteiger partial charge in [-0.1, -0.05) is 0 Å². The Labute approximate surface area is 143 Å². The lowest BCUT2D eigenvalue weighted by atomic mass is 10.1. The molecule has 0 aliphatic rings. The van der Waals surface area contributed by atoms with Crippen molar-refractivity contribution in [1.29, 1.82) is 0 Å². The van der Waals surface area contributed by atoms with Gasteiger partial charge in [-0.15, -0.1) is 11.3 Å². The third-order valence-electron chi connectivity index (χ3n) is 3.00. The molecular formula is C16H29N3O3S. The van der Waals surface area contributed by atoms with Crippen LogP contribution in [0.15, 0.2) is 5.38 Å². The number of methoxy groups -OCH3 is 1. The number of hydrogen-bond acceptors (Lipinski definition) is 6. The van der Waals surface area contributed by atoms with Crippen molar-refractivity contribution in [2.75, 3.05) is 20.3 Å². The Morgan fingerprint density at radius 2 is 2.17 bits per heavy atom. The number of aromatic nitrogens is 1. The van der Waals surface area contributed by atoms with Crippen molar-refractivity contribution in [2.45, 2.75) is 58.7 Å². The molecule has 0 saturated heterocycles. The molecule has 1 unspecified atom stereocenters. The first-order valence-corrected chi connectivity index (χ1v) is 8.78. The highest BCUT2D eigenvalue weighted by Crippen LogP contribution is 2.09. The topological polar surface area (TPSA) is 72.5 Å². The third kappa shape index (κ3) is 9.53. The van der Waals surface area contributed by atoms with E-state index in [9.17, 15) is 4.79 Å². The summed E-state index contributed by atoms with van der Waals surface area (Å²) >= 11 is 1.65. The Morgan fingerprint density at radius 1 is 1.43 bits per heavy atom. The van der Waals surface area contributed by atoms with Gasteiger partial charge >= 0.3 is 6.09 Å². The fourth-order valence-corrected chi connectivity index (χ4v) is 2.65. The van der Waals surface area contributed by atoms with Gasteiger partial charge in [0.25, 0.3) is 0 Å². The van der Waals surface area contributed by atoms with Gasteiger partial charge in [-0.3, -0.25) is 0 Å². The molecular weight excluding hydrogens is 314 g/mol. The van der Waals surface area contributed by atoms with Crippen LogP contribution in [0, 0.1) is 6.92 Å². The van der Waals surface area contributed by atoms with Crippen LogP contribution in [0.4, 0.5) is 4.79 Å². The molecule has 1 atom stereocenters. The second-order valence-corrected chi connectivity index (χ2v) is 7.52. The van der Waals surface area contributed by atoms with E-state index in [-0.39, 0.29) is 12.1 Å². The molecule has 23 heavy (non-hydrogen) atoms. The maximum absolute atomic E-state index is 11.6. The minimum absolute atomic E-state index is 0.238. The number of nitrogens with one attached hydrogen (secondary N) is 2. The van der Waals surface area contributed by atoms with E-state index < -0.39 is 5.60 Å². The van der Waals surface area contributed by atoms with Crippen molar-refractivity contribution in [3.05, 3.63) is 16.1 Å². The molecule has 1 heterocycles. The van der Waals surface area contributed by atoms with E-state index in [4.69, 9.17) is 9.47 Å². The quantitative estimate of drug-likeness (QED) is 0.675. The number of alkyl carbamates (subject to hydrolysis) is 1. The number of nitrogens with zero attached hydrogens (tertiary/aromatic N) is 1. The Hall–Kier alpha value is -1.18. The molecule has 0 saturated carbocycles. The van der Waals surface area contributed by atoms with Crippen molar-refractivity contribution >= 4 is 17.4 Å². The van der Waals surface area contributed by atoms with Crippen LogP contribution in [0.3, 0.4) is 0 Å². The predicted molar refractivity (Wildman–Crippen MR) is 92.8 cm³/mol. The molecule has 7 heteroatoms. The van der Waals surface area contributed by atoms with E-state index in [0.29, 0.717) is 13.2 Å². The molecule has 0 aromatic carbocycles. The standard InChI is InChI=1S/C16H29N3O3S/c1-12-19-14(11-23-12)9-18-13(10-21-5)7-6-8-17-15(20)22-16(2,3)4/h11,13,18H,6-10H2,1-5H3,(H,17,20). The molecule has 0 fully saturated rings. The van der Waals surface area contributed by atoms with E-state index in [1.54, 1.807) is 18.4 Å². The molecule has 0 bridgehead atoms. The monoisotopic (exact) mass is 343 g/mol. The minimum Gasteiger partial charge on any atom is -0.444 e. The van der Waals surface area contributed by atoms with E-state index in [1.165, 1.54) is 0 Å². The van der Waals surface area contributed by atoms with Crippen LogP contribution in [-0.4, -0.2) is 43.0 Å². The van der Waals surface area contributed by atoms with Crippen LogP contribution in [0.25, 0.3) is 0 Å².